The van der Waals surface area contributed by atoms with E-state index in [1.807, 2.05) is 6.07 Å². The van der Waals surface area contributed by atoms with Crippen LogP contribution in [-0.4, -0.2) is 6.71 Å². The maximum absolute atomic E-state index is 6.54. The van der Waals surface area contributed by atoms with Crippen molar-refractivity contribution in [3.63, 3.8) is 0 Å². The van der Waals surface area contributed by atoms with Gasteiger partial charge in [-0.3, -0.25) is 0 Å². The van der Waals surface area contributed by atoms with Crippen LogP contribution in [0.3, 0.4) is 0 Å². The van der Waals surface area contributed by atoms with Gasteiger partial charge < -0.3 is 9.47 Å². The van der Waals surface area contributed by atoms with E-state index in [4.69, 9.17) is 9.47 Å². The van der Waals surface area contributed by atoms with Gasteiger partial charge in [0, 0.05) is 5.46 Å². The van der Waals surface area contributed by atoms with Crippen molar-refractivity contribution in [2.24, 2.45) is 0 Å². The highest BCUT2D eigenvalue weighted by Crippen LogP contribution is 2.37. The summed E-state index contributed by atoms with van der Waals surface area (Å²) in [6.07, 6.45) is 0. The van der Waals surface area contributed by atoms with E-state index in [2.05, 4.69) is 133 Å². The molecule has 0 saturated heterocycles. The van der Waals surface area contributed by atoms with Crippen LogP contribution in [0, 0.1) is 0 Å². The largest absolute Gasteiger partial charge is 0.458 e. The summed E-state index contributed by atoms with van der Waals surface area (Å²) in [6, 6.07) is 49.6. The van der Waals surface area contributed by atoms with E-state index >= 15 is 0 Å². The summed E-state index contributed by atoms with van der Waals surface area (Å²) in [5, 5.41) is 4.96. The average molecular weight is 522 g/mol. The highest BCUT2D eigenvalue weighted by molar-refractivity contribution is 6.98. The molecule has 9 rings (SSSR count). The van der Waals surface area contributed by atoms with E-state index in [1.54, 1.807) is 0 Å². The van der Waals surface area contributed by atoms with E-state index in [1.165, 1.54) is 32.7 Å². The zero-order valence-electron chi connectivity index (χ0n) is 22.2. The van der Waals surface area contributed by atoms with E-state index in [-0.39, 0.29) is 6.71 Å². The monoisotopic (exact) mass is 522 g/mol. The standard InChI is InChI=1S/C38H23BO2/c1-3-8-26-20-28(14-12-24(26)6-1)30-16-18-32-36(22-30)40-34-10-5-11-35-38(34)39(32)33-19-17-31(23-37(33)41-35)29-15-13-25-7-2-4-9-27(25)21-29/h1-23H. The Labute approximate surface area is 238 Å². The maximum atomic E-state index is 6.54. The van der Waals surface area contributed by atoms with E-state index in [0.717, 1.165) is 50.5 Å². The van der Waals surface area contributed by atoms with Gasteiger partial charge in [-0.15, -0.1) is 0 Å². The fourth-order valence-electron chi connectivity index (χ4n) is 6.52. The first-order chi connectivity index (χ1) is 20.3. The first kappa shape index (κ1) is 22.5. The average Bonchev–Trinajstić information content (AvgIpc) is 3.03. The number of hydrogen-bond donors (Lipinski definition) is 0. The lowest BCUT2D eigenvalue weighted by Crippen LogP contribution is -2.57. The van der Waals surface area contributed by atoms with Gasteiger partial charge in [-0.25, -0.2) is 0 Å². The molecule has 0 spiro atoms. The predicted molar refractivity (Wildman–Crippen MR) is 170 cm³/mol. The zero-order valence-corrected chi connectivity index (χ0v) is 22.2. The summed E-state index contributed by atoms with van der Waals surface area (Å²) in [5.41, 5.74) is 8.09. The molecule has 0 radical (unpaired) electrons. The topological polar surface area (TPSA) is 18.5 Å². The summed E-state index contributed by atoms with van der Waals surface area (Å²) in [7, 11) is 0. The molecule has 0 aliphatic carbocycles. The third-order valence-corrected chi connectivity index (χ3v) is 8.57. The van der Waals surface area contributed by atoms with Gasteiger partial charge in [0.2, 0.25) is 0 Å². The van der Waals surface area contributed by atoms with E-state index in [0.29, 0.717) is 0 Å². The molecule has 3 heteroatoms. The summed E-state index contributed by atoms with van der Waals surface area (Å²) >= 11 is 0. The third kappa shape index (κ3) is 3.52. The molecule has 0 fully saturated rings. The van der Waals surface area contributed by atoms with Crippen molar-refractivity contribution < 1.29 is 9.47 Å². The highest BCUT2D eigenvalue weighted by atomic mass is 16.5. The van der Waals surface area contributed by atoms with Crippen molar-refractivity contribution in [2.45, 2.75) is 0 Å². The van der Waals surface area contributed by atoms with Gasteiger partial charge >= 0.3 is 0 Å². The molecule has 2 nitrogen and oxygen atoms in total. The van der Waals surface area contributed by atoms with Gasteiger partial charge in [0.15, 0.2) is 0 Å². The molecule has 0 aromatic heterocycles. The Balaban J connectivity index is 1.16. The molecule has 0 atom stereocenters. The fraction of sp³-hybridized carbons (Fsp3) is 0. The number of fused-ring (bicyclic) bond motifs is 6. The van der Waals surface area contributed by atoms with Crippen molar-refractivity contribution in [1.29, 1.82) is 0 Å². The van der Waals surface area contributed by atoms with Crippen molar-refractivity contribution >= 4 is 44.6 Å². The minimum atomic E-state index is 0.0463. The van der Waals surface area contributed by atoms with Crippen molar-refractivity contribution in [2.75, 3.05) is 0 Å². The summed E-state index contributed by atoms with van der Waals surface area (Å²) in [6.45, 7) is 0.0463. The Kier molecular flexibility index (Phi) is 4.73. The Bertz CT molecular complexity index is 2030. The number of benzene rings is 7. The predicted octanol–water partition coefficient (Wildman–Crippen LogP) is 8.05. The highest BCUT2D eigenvalue weighted by Gasteiger charge is 2.40. The second-order valence-electron chi connectivity index (χ2n) is 10.9. The fourth-order valence-corrected chi connectivity index (χ4v) is 6.52. The van der Waals surface area contributed by atoms with Crippen molar-refractivity contribution in [3.05, 3.63) is 140 Å². The van der Waals surface area contributed by atoms with Gasteiger partial charge in [-0.1, -0.05) is 103 Å². The number of ether oxygens (including phenoxy) is 2. The molecule has 7 aromatic carbocycles. The van der Waals surface area contributed by atoms with Crippen LogP contribution in [0.15, 0.2) is 140 Å². The summed E-state index contributed by atoms with van der Waals surface area (Å²) in [5.74, 6) is 3.52. The molecule has 41 heavy (non-hydrogen) atoms. The van der Waals surface area contributed by atoms with Crippen LogP contribution in [0.4, 0.5) is 0 Å². The normalized spacial score (nSPS) is 12.7. The molecular weight excluding hydrogens is 499 g/mol. The quantitative estimate of drug-likeness (QED) is 0.214. The smallest absolute Gasteiger partial charge is 0.260 e. The summed E-state index contributed by atoms with van der Waals surface area (Å²) in [4.78, 5) is 0. The Morgan fingerprint density at radius 3 is 1.29 bits per heavy atom. The minimum absolute atomic E-state index is 0.0463. The van der Waals surface area contributed by atoms with Crippen LogP contribution < -0.4 is 25.9 Å². The number of rotatable bonds is 2. The molecular formula is C38H23BO2. The van der Waals surface area contributed by atoms with Gasteiger partial charge in [0.05, 0.1) is 0 Å². The SMILES string of the molecule is c1cc2c3c(c1)Oc1cc(-c4ccc5ccccc5c4)ccc1B3c1ccc(-c3ccc4ccccc4c3)cc1O2. The van der Waals surface area contributed by atoms with Crippen LogP contribution in [0.1, 0.15) is 0 Å². The maximum Gasteiger partial charge on any atom is 0.260 e. The van der Waals surface area contributed by atoms with Gasteiger partial charge in [-0.2, -0.15) is 0 Å². The van der Waals surface area contributed by atoms with Crippen molar-refractivity contribution in [1.82, 2.24) is 0 Å². The van der Waals surface area contributed by atoms with Crippen molar-refractivity contribution in [3.8, 4) is 45.3 Å². The lowest BCUT2D eigenvalue weighted by molar-refractivity contribution is 0.464. The lowest BCUT2D eigenvalue weighted by atomic mass is 9.35. The first-order valence-corrected chi connectivity index (χ1v) is 14.0. The number of hydrogen-bond acceptors (Lipinski definition) is 2. The molecule has 7 aromatic rings. The van der Waals surface area contributed by atoms with Gasteiger partial charge in [0.25, 0.3) is 6.71 Å². The van der Waals surface area contributed by atoms with Crippen LogP contribution in [-0.2, 0) is 0 Å². The second-order valence-corrected chi connectivity index (χ2v) is 10.9. The Hall–Kier alpha value is -5.28. The molecule has 0 N–H and O–H groups in total. The third-order valence-electron chi connectivity index (χ3n) is 8.57. The van der Waals surface area contributed by atoms with Crippen LogP contribution in [0.25, 0.3) is 43.8 Å². The molecule has 0 amide bonds. The molecule has 2 heterocycles. The van der Waals surface area contributed by atoms with Crippen LogP contribution >= 0.6 is 0 Å². The Morgan fingerprint density at radius 1 is 0.341 bits per heavy atom. The van der Waals surface area contributed by atoms with Crippen LogP contribution in [0.2, 0.25) is 0 Å². The molecule has 0 saturated carbocycles. The lowest BCUT2D eigenvalue weighted by Gasteiger charge is -2.33. The van der Waals surface area contributed by atoms with E-state index < -0.39 is 0 Å². The van der Waals surface area contributed by atoms with Gasteiger partial charge in [-0.05, 0) is 91.1 Å². The first-order valence-electron chi connectivity index (χ1n) is 14.0. The van der Waals surface area contributed by atoms with Crippen LogP contribution in [0.5, 0.6) is 23.0 Å². The minimum Gasteiger partial charge on any atom is -0.458 e. The van der Waals surface area contributed by atoms with E-state index in [9.17, 15) is 0 Å². The molecule has 0 bridgehead atoms. The van der Waals surface area contributed by atoms with Gasteiger partial charge in [0.1, 0.15) is 23.0 Å². The summed E-state index contributed by atoms with van der Waals surface area (Å²) < 4.78 is 13.1. The zero-order chi connectivity index (χ0) is 26.9. The molecule has 2 aliphatic heterocycles. The molecule has 0 unspecified atom stereocenters. The Morgan fingerprint density at radius 2 is 0.780 bits per heavy atom. The molecule has 190 valence electrons. The second kappa shape index (κ2) is 8.61. The molecule has 2 aliphatic rings.